The molecule has 1 unspecified atom stereocenters. The maximum Gasteiger partial charge on any atom is 0.142 e. The highest BCUT2D eigenvalue weighted by molar-refractivity contribution is 9.10. The van der Waals surface area contributed by atoms with E-state index in [9.17, 15) is 8.78 Å². The number of hydrogen-bond donors (Lipinski definition) is 2. The summed E-state index contributed by atoms with van der Waals surface area (Å²) in [6.07, 6.45) is 0. The van der Waals surface area contributed by atoms with Crippen molar-refractivity contribution in [1.82, 2.24) is 5.43 Å². The fraction of sp³-hybridized carbons (Fsp3) is 0.0769. The molecule has 2 aromatic carbocycles. The Kier molecular flexibility index (Phi) is 4.06. The van der Waals surface area contributed by atoms with Crippen LogP contribution in [-0.2, 0) is 0 Å². The van der Waals surface area contributed by atoms with E-state index in [2.05, 4.69) is 21.4 Å². The Balaban J connectivity index is 2.45. The van der Waals surface area contributed by atoms with Crippen LogP contribution in [-0.4, -0.2) is 0 Å². The first-order valence-electron chi connectivity index (χ1n) is 5.29. The lowest BCUT2D eigenvalue weighted by Gasteiger charge is -2.18. The van der Waals surface area contributed by atoms with Gasteiger partial charge in [0.15, 0.2) is 0 Å². The minimum atomic E-state index is -0.525. The average Bonchev–Trinajstić information content (AvgIpc) is 2.37. The second-order valence-corrected chi connectivity index (χ2v) is 4.65. The van der Waals surface area contributed by atoms with Gasteiger partial charge in [-0.25, -0.2) is 14.2 Å². The Labute approximate surface area is 112 Å². The van der Waals surface area contributed by atoms with Gasteiger partial charge in [0.05, 0.1) is 10.5 Å². The van der Waals surface area contributed by atoms with Gasteiger partial charge >= 0.3 is 0 Å². The van der Waals surface area contributed by atoms with Crippen LogP contribution in [0.4, 0.5) is 8.78 Å². The predicted octanol–water partition coefficient (Wildman–Crippen LogP) is 3.28. The molecule has 0 saturated heterocycles. The molecule has 18 heavy (non-hydrogen) atoms. The SMILES string of the molecule is NNC(c1ccc(F)cc1)c1cccc(Br)c1F. The van der Waals surface area contributed by atoms with Crippen LogP contribution in [0.15, 0.2) is 46.9 Å². The Morgan fingerprint density at radius 1 is 1.06 bits per heavy atom. The standard InChI is InChI=1S/C13H11BrF2N2/c14-11-3-1-2-10(12(11)16)13(18-17)8-4-6-9(15)7-5-8/h1-7,13,18H,17H2. The van der Waals surface area contributed by atoms with Gasteiger partial charge in [0.2, 0.25) is 0 Å². The van der Waals surface area contributed by atoms with Crippen molar-refractivity contribution >= 4 is 15.9 Å². The number of rotatable bonds is 3. The van der Waals surface area contributed by atoms with E-state index in [1.54, 1.807) is 30.3 Å². The number of hydrazine groups is 1. The van der Waals surface area contributed by atoms with Crippen molar-refractivity contribution in [3.8, 4) is 0 Å². The number of benzene rings is 2. The average molecular weight is 313 g/mol. The van der Waals surface area contributed by atoms with Gasteiger partial charge in [-0.2, -0.15) is 0 Å². The molecule has 0 heterocycles. The van der Waals surface area contributed by atoms with Gasteiger partial charge in [0, 0.05) is 5.56 Å². The second kappa shape index (κ2) is 5.56. The van der Waals surface area contributed by atoms with E-state index < -0.39 is 6.04 Å². The highest BCUT2D eigenvalue weighted by Gasteiger charge is 2.17. The molecule has 0 bridgehead atoms. The van der Waals surface area contributed by atoms with Crippen molar-refractivity contribution in [1.29, 1.82) is 0 Å². The third-order valence-corrected chi connectivity index (χ3v) is 3.27. The van der Waals surface area contributed by atoms with Gasteiger partial charge in [0.1, 0.15) is 11.6 Å². The summed E-state index contributed by atoms with van der Waals surface area (Å²) in [5, 5.41) is 0. The van der Waals surface area contributed by atoms with E-state index in [0.29, 0.717) is 15.6 Å². The van der Waals surface area contributed by atoms with Crippen molar-refractivity contribution in [2.24, 2.45) is 5.84 Å². The first-order valence-corrected chi connectivity index (χ1v) is 6.08. The molecule has 0 spiro atoms. The topological polar surface area (TPSA) is 38.0 Å². The Morgan fingerprint density at radius 2 is 1.72 bits per heavy atom. The van der Waals surface area contributed by atoms with Gasteiger partial charge in [-0.3, -0.25) is 5.84 Å². The van der Waals surface area contributed by atoms with Crippen LogP contribution in [0.5, 0.6) is 0 Å². The summed E-state index contributed by atoms with van der Waals surface area (Å²) in [5.41, 5.74) is 3.63. The Morgan fingerprint density at radius 3 is 2.33 bits per heavy atom. The van der Waals surface area contributed by atoms with E-state index in [4.69, 9.17) is 5.84 Å². The second-order valence-electron chi connectivity index (χ2n) is 3.79. The maximum absolute atomic E-state index is 14.0. The van der Waals surface area contributed by atoms with E-state index in [1.165, 1.54) is 12.1 Å². The maximum atomic E-state index is 14.0. The lowest BCUT2D eigenvalue weighted by atomic mass is 9.99. The van der Waals surface area contributed by atoms with Crippen LogP contribution >= 0.6 is 15.9 Å². The summed E-state index contributed by atoms with van der Waals surface area (Å²) in [6.45, 7) is 0. The number of halogens is 3. The number of hydrogen-bond acceptors (Lipinski definition) is 2. The summed E-state index contributed by atoms with van der Waals surface area (Å²) < 4.78 is 27.2. The molecule has 1 atom stereocenters. The monoisotopic (exact) mass is 312 g/mol. The van der Waals surface area contributed by atoms with Crippen LogP contribution in [0, 0.1) is 11.6 Å². The molecule has 2 aromatic rings. The van der Waals surface area contributed by atoms with Gasteiger partial charge in [-0.1, -0.05) is 24.3 Å². The van der Waals surface area contributed by atoms with Gasteiger partial charge in [-0.15, -0.1) is 0 Å². The Hall–Kier alpha value is -1.30. The molecule has 0 aliphatic heterocycles. The molecule has 0 aromatic heterocycles. The number of nitrogens with one attached hydrogen (secondary N) is 1. The largest absolute Gasteiger partial charge is 0.271 e. The molecule has 0 aliphatic carbocycles. The molecule has 3 N–H and O–H groups in total. The first kappa shape index (κ1) is 13.1. The summed E-state index contributed by atoms with van der Waals surface area (Å²) in [6, 6.07) is 10.2. The van der Waals surface area contributed by atoms with Crippen molar-refractivity contribution in [3.63, 3.8) is 0 Å². The van der Waals surface area contributed by atoms with Crippen molar-refractivity contribution in [2.45, 2.75) is 6.04 Å². The minimum absolute atomic E-state index is 0.343. The van der Waals surface area contributed by atoms with Crippen LogP contribution in [0.1, 0.15) is 17.2 Å². The highest BCUT2D eigenvalue weighted by atomic mass is 79.9. The smallest absolute Gasteiger partial charge is 0.142 e. The van der Waals surface area contributed by atoms with Crippen LogP contribution in [0.2, 0.25) is 0 Å². The normalized spacial score (nSPS) is 12.4. The first-order chi connectivity index (χ1) is 8.63. The summed E-state index contributed by atoms with van der Waals surface area (Å²) in [7, 11) is 0. The lowest BCUT2D eigenvalue weighted by molar-refractivity contribution is 0.554. The van der Waals surface area contributed by atoms with Crippen LogP contribution in [0.3, 0.4) is 0 Å². The fourth-order valence-electron chi connectivity index (χ4n) is 1.76. The highest BCUT2D eigenvalue weighted by Crippen LogP contribution is 2.27. The molecule has 2 rings (SSSR count). The summed E-state index contributed by atoms with van der Waals surface area (Å²) in [4.78, 5) is 0. The molecule has 5 heteroatoms. The lowest BCUT2D eigenvalue weighted by Crippen LogP contribution is -2.29. The van der Waals surface area contributed by atoms with Crippen molar-refractivity contribution < 1.29 is 8.78 Å². The molecule has 0 saturated carbocycles. The Bertz CT molecular complexity index is 543. The van der Waals surface area contributed by atoms with Crippen LogP contribution in [0.25, 0.3) is 0 Å². The van der Waals surface area contributed by atoms with Crippen LogP contribution < -0.4 is 11.3 Å². The zero-order valence-corrected chi connectivity index (χ0v) is 10.9. The molecule has 0 radical (unpaired) electrons. The van der Waals surface area contributed by atoms with Crippen molar-refractivity contribution in [2.75, 3.05) is 0 Å². The van der Waals surface area contributed by atoms with E-state index in [1.807, 2.05) is 0 Å². The molecule has 94 valence electrons. The van der Waals surface area contributed by atoms with Gasteiger partial charge in [0.25, 0.3) is 0 Å². The zero-order valence-electron chi connectivity index (χ0n) is 9.33. The third-order valence-electron chi connectivity index (χ3n) is 2.66. The summed E-state index contributed by atoms with van der Waals surface area (Å²) >= 11 is 3.12. The predicted molar refractivity (Wildman–Crippen MR) is 69.7 cm³/mol. The van der Waals surface area contributed by atoms with E-state index >= 15 is 0 Å². The van der Waals surface area contributed by atoms with Gasteiger partial charge < -0.3 is 0 Å². The zero-order chi connectivity index (χ0) is 13.1. The quantitative estimate of drug-likeness (QED) is 0.674. The van der Waals surface area contributed by atoms with Gasteiger partial charge in [-0.05, 0) is 39.7 Å². The van der Waals surface area contributed by atoms with Crippen molar-refractivity contribution in [3.05, 3.63) is 69.7 Å². The fourth-order valence-corrected chi connectivity index (χ4v) is 2.15. The number of nitrogens with two attached hydrogens (primary N) is 1. The molecule has 2 nitrogen and oxygen atoms in total. The molecular weight excluding hydrogens is 302 g/mol. The minimum Gasteiger partial charge on any atom is -0.271 e. The molecule has 0 aliphatic rings. The van der Waals surface area contributed by atoms with E-state index in [0.717, 1.165) is 0 Å². The molecular formula is C13H11BrF2N2. The molecule has 0 amide bonds. The molecule has 0 fully saturated rings. The third kappa shape index (κ3) is 2.58. The van der Waals surface area contributed by atoms with E-state index in [-0.39, 0.29) is 11.6 Å². The summed E-state index contributed by atoms with van der Waals surface area (Å²) in [5.74, 6) is 4.74.